The fourth-order valence-corrected chi connectivity index (χ4v) is 4.24. The Morgan fingerprint density at radius 1 is 1.25 bits per heavy atom. The van der Waals surface area contributed by atoms with Gasteiger partial charge in [0, 0.05) is 49.5 Å². The number of carbonyl (C=O) groups excluding carboxylic acids is 1. The van der Waals surface area contributed by atoms with Gasteiger partial charge in [0.05, 0.1) is 0 Å². The van der Waals surface area contributed by atoms with Crippen molar-refractivity contribution in [2.75, 3.05) is 26.2 Å². The van der Waals surface area contributed by atoms with Crippen LogP contribution < -0.4 is 9.47 Å². The molecule has 1 spiro atoms. The number of aliphatic hydroxyl groups excluding tert-OH is 1. The maximum Gasteiger partial charge on any atom is 0.150 e. The maximum atomic E-state index is 10.8. The minimum Gasteiger partial charge on any atom is -0.491 e. The van der Waals surface area contributed by atoms with Gasteiger partial charge in [-0.2, -0.15) is 0 Å². The first-order valence-corrected chi connectivity index (χ1v) is 9.99. The van der Waals surface area contributed by atoms with E-state index in [2.05, 4.69) is 4.90 Å². The molecule has 2 aliphatic rings. The average Bonchev–Trinajstić information content (AvgIpc) is 3.05. The molecule has 2 aromatic carbocycles. The molecule has 1 atom stereocenters. The van der Waals surface area contributed by atoms with Gasteiger partial charge in [0.1, 0.15) is 36.1 Å². The number of hydrogen-bond donors (Lipinski definition) is 1. The largest absolute Gasteiger partial charge is 0.491 e. The van der Waals surface area contributed by atoms with Crippen molar-refractivity contribution < 1.29 is 19.4 Å². The summed E-state index contributed by atoms with van der Waals surface area (Å²) in [4.78, 5) is 13.1. The van der Waals surface area contributed by atoms with Crippen LogP contribution in [0.3, 0.4) is 0 Å². The number of piperidine rings is 1. The number of halogens is 1. The summed E-state index contributed by atoms with van der Waals surface area (Å²) in [6.07, 6.45) is 2.94. The lowest BCUT2D eigenvalue weighted by atomic mass is 9.87. The summed E-state index contributed by atoms with van der Waals surface area (Å²) in [5.74, 6) is 1.54. The number of aliphatic hydroxyl groups is 1. The molecule has 148 valence electrons. The molecule has 4 rings (SSSR count). The second-order valence-electron chi connectivity index (χ2n) is 7.67. The minimum atomic E-state index is -0.588. The standard InChI is InChI=1S/C22H24ClNO4/c23-18-4-5-21-17(11-18)12-22(28-21)6-8-24(9-7-22)13-19(26)15-27-20-3-1-2-16(10-20)14-25/h1-5,10-11,14,19,26H,6-9,12-13,15H2/t19-/m1/s1. The van der Waals surface area contributed by atoms with Crippen molar-refractivity contribution in [3.05, 3.63) is 58.6 Å². The van der Waals surface area contributed by atoms with Crippen LogP contribution in [-0.2, 0) is 6.42 Å². The van der Waals surface area contributed by atoms with Crippen LogP contribution in [-0.4, -0.2) is 54.2 Å². The molecule has 0 amide bonds. The van der Waals surface area contributed by atoms with Crippen LogP contribution in [0.4, 0.5) is 0 Å². The van der Waals surface area contributed by atoms with E-state index in [9.17, 15) is 9.90 Å². The van der Waals surface area contributed by atoms with Crippen LogP contribution in [0.15, 0.2) is 42.5 Å². The summed E-state index contributed by atoms with van der Waals surface area (Å²) >= 11 is 6.10. The zero-order chi connectivity index (χ0) is 19.6. The van der Waals surface area contributed by atoms with Gasteiger partial charge in [-0.1, -0.05) is 23.7 Å². The molecule has 0 aliphatic carbocycles. The number of β-amino-alcohol motifs (C(OH)–C–C–N with tert-alkyl or cyclic N) is 1. The van der Waals surface area contributed by atoms with Gasteiger partial charge < -0.3 is 19.5 Å². The van der Waals surface area contributed by atoms with E-state index in [-0.39, 0.29) is 12.2 Å². The third kappa shape index (κ3) is 4.32. The smallest absolute Gasteiger partial charge is 0.150 e. The van der Waals surface area contributed by atoms with Gasteiger partial charge in [0.15, 0.2) is 0 Å². The number of benzene rings is 2. The Morgan fingerprint density at radius 2 is 2.07 bits per heavy atom. The molecule has 28 heavy (non-hydrogen) atoms. The van der Waals surface area contributed by atoms with Crippen molar-refractivity contribution in [3.63, 3.8) is 0 Å². The van der Waals surface area contributed by atoms with E-state index in [1.54, 1.807) is 24.3 Å². The second-order valence-corrected chi connectivity index (χ2v) is 8.11. The number of nitrogens with zero attached hydrogens (tertiary/aromatic N) is 1. The Balaban J connectivity index is 1.25. The number of hydrogen-bond acceptors (Lipinski definition) is 5. The Kier molecular flexibility index (Phi) is 5.58. The van der Waals surface area contributed by atoms with Crippen LogP contribution in [0, 0.1) is 0 Å². The van der Waals surface area contributed by atoms with Crippen LogP contribution in [0.25, 0.3) is 0 Å². The molecule has 0 bridgehead atoms. The highest BCUT2D eigenvalue weighted by molar-refractivity contribution is 6.30. The first kappa shape index (κ1) is 19.2. The molecule has 5 nitrogen and oxygen atoms in total. The van der Waals surface area contributed by atoms with Crippen molar-refractivity contribution in [3.8, 4) is 11.5 Å². The third-order valence-electron chi connectivity index (χ3n) is 5.53. The maximum absolute atomic E-state index is 10.8. The quantitative estimate of drug-likeness (QED) is 0.752. The van der Waals surface area contributed by atoms with Gasteiger partial charge in [0.2, 0.25) is 0 Å². The molecule has 1 N–H and O–H groups in total. The summed E-state index contributed by atoms with van der Waals surface area (Å²) in [5, 5.41) is 11.1. The first-order chi connectivity index (χ1) is 13.5. The van der Waals surface area contributed by atoms with E-state index in [0.717, 1.165) is 49.4 Å². The summed E-state index contributed by atoms with van der Waals surface area (Å²) in [7, 11) is 0. The fraction of sp³-hybridized carbons (Fsp3) is 0.409. The molecule has 2 aromatic rings. The van der Waals surface area contributed by atoms with Crippen LogP contribution in [0.5, 0.6) is 11.5 Å². The number of likely N-dealkylation sites (tertiary alicyclic amines) is 1. The summed E-state index contributed by atoms with van der Waals surface area (Å²) < 4.78 is 11.9. The zero-order valence-electron chi connectivity index (χ0n) is 15.6. The van der Waals surface area contributed by atoms with E-state index < -0.39 is 6.10 Å². The van der Waals surface area contributed by atoms with Crippen molar-refractivity contribution in [1.82, 2.24) is 4.90 Å². The number of carbonyl (C=O) groups is 1. The molecule has 1 fully saturated rings. The minimum absolute atomic E-state index is 0.139. The predicted molar refractivity (Wildman–Crippen MR) is 108 cm³/mol. The lowest BCUT2D eigenvalue weighted by Gasteiger charge is -2.39. The van der Waals surface area contributed by atoms with Gasteiger partial charge >= 0.3 is 0 Å². The molecule has 0 radical (unpaired) electrons. The van der Waals surface area contributed by atoms with Gasteiger partial charge in [-0.15, -0.1) is 0 Å². The first-order valence-electron chi connectivity index (χ1n) is 9.61. The molecule has 2 aliphatic heterocycles. The highest BCUT2D eigenvalue weighted by Crippen LogP contribution is 2.41. The molecule has 0 unspecified atom stereocenters. The summed E-state index contributed by atoms with van der Waals surface area (Å²) in [6, 6.07) is 12.8. The summed E-state index contributed by atoms with van der Waals surface area (Å²) in [5.41, 5.74) is 1.61. The Bertz CT molecular complexity index is 848. The zero-order valence-corrected chi connectivity index (χ0v) is 16.4. The molecule has 1 saturated heterocycles. The molecular formula is C22H24ClNO4. The highest BCUT2D eigenvalue weighted by atomic mass is 35.5. The van der Waals surface area contributed by atoms with Crippen molar-refractivity contribution >= 4 is 17.9 Å². The van der Waals surface area contributed by atoms with Crippen LogP contribution >= 0.6 is 11.6 Å². The Hall–Kier alpha value is -2.08. The van der Waals surface area contributed by atoms with Gasteiger partial charge in [0.25, 0.3) is 0 Å². The number of rotatable bonds is 6. The monoisotopic (exact) mass is 401 g/mol. The van der Waals surface area contributed by atoms with Crippen molar-refractivity contribution in [2.45, 2.75) is 31.0 Å². The van der Waals surface area contributed by atoms with Crippen molar-refractivity contribution in [1.29, 1.82) is 0 Å². The van der Waals surface area contributed by atoms with Gasteiger partial charge in [-0.3, -0.25) is 4.79 Å². The molecule has 0 aromatic heterocycles. The van der Waals surface area contributed by atoms with E-state index in [4.69, 9.17) is 21.1 Å². The SMILES string of the molecule is O=Cc1cccc(OC[C@H](O)CN2CCC3(CC2)Cc2cc(Cl)ccc2O3)c1. The Morgan fingerprint density at radius 3 is 2.86 bits per heavy atom. The molecule has 6 heteroatoms. The molecule has 0 saturated carbocycles. The van der Waals surface area contributed by atoms with Crippen LogP contribution in [0.1, 0.15) is 28.8 Å². The van der Waals surface area contributed by atoms with Crippen molar-refractivity contribution in [2.24, 2.45) is 0 Å². The van der Waals surface area contributed by atoms with E-state index >= 15 is 0 Å². The third-order valence-corrected chi connectivity index (χ3v) is 5.77. The molecular weight excluding hydrogens is 378 g/mol. The average molecular weight is 402 g/mol. The predicted octanol–water partition coefficient (Wildman–Crippen LogP) is 3.36. The van der Waals surface area contributed by atoms with E-state index in [1.165, 1.54) is 5.56 Å². The van der Waals surface area contributed by atoms with Crippen LogP contribution in [0.2, 0.25) is 5.02 Å². The summed E-state index contributed by atoms with van der Waals surface area (Å²) in [6.45, 7) is 2.51. The number of fused-ring (bicyclic) bond motifs is 1. The highest BCUT2D eigenvalue weighted by Gasteiger charge is 2.42. The Labute approximate surface area is 169 Å². The van der Waals surface area contributed by atoms with E-state index in [0.29, 0.717) is 17.9 Å². The normalized spacial score (nSPS) is 19.1. The van der Waals surface area contributed by atoms with E-state index in [1.807, 2.05) is 18.2 Å². The van der Waals surface area contributed by atoms with Gasteiger partial charge in [-0.05, 0) is 35.9 Å². The number of ether oxygens (including phenoxy) is 2. The lowest BCUT2D eigenvalue weighted by Crippen LogP contribution is -2.49. The number of aldehydes is 1. The van der Waals surface area contributed by atoms with Gasteiger partial charge in [-0.25, -0.2) is 0 Å². The molecule has 2 heterocycles. The lowest BCUT2D eigenvalue weighted by molar-refractivity contribution is -0.00196. The fourth-order valence-electron chi connectivity index (χ4n) is 4.04. The second kappa shape index (κ2) is 8.11. The topological polar surface area (TPSA) is 59.0 Å².